The van der Waals surface area contributed by atoms with E-state index in [9.17, 15) is 5.26 Å². The largest absolute Gasteiger partial charge is 0.491 e. The lowest BCUT2D eigenvalue weighted by molar-refractivity contribution is 0.0874. The molecule has 2 fully saturated rings. The Morgan fingerprint density at radius 3 is 2.72 bits per heavy atom. The number of nitrogen functional groups attached to an aromatic ring is 1. The molecule has 4 aromatic rings. The Balaban J connectivity index is 1.40. The van der Waals surface area contributed by atoms with Crippen molar-refractivity contribution in [1.82, 2.24) is 14.9 Å². The van der Waals surface area contributed by atoms with Crippen LogP contribution in [0.15, 0.2) is 12.1 Å². The minimum Gasteiger partial charge on any atom is -0.491 e. The van der Waals surface area contributed by atoms with Gasteiger partial charge in [0.25, 0.3) is 0 Å². The number of likely N-dealkylation sites (N-methyl/N-ethyl adjacent to an activating group) is 1. The number of halogens is 3. The number of nitrogens with two attached hydrogens (primary N) is 1. The molecule has 0 aliphatic carbocycles. The molecule has 8 nitrogen and oxygen atoms in total. The fourth-order valence-corrected chi connectivity index (χ4v) is 9.50. The Morgan fingerprint density at radius 1 is 1.07 bits per heavy atom. The van der Waals surface area contributed by atoms with Crippen LogP contribution in [0.1, 0.15) is 63.4 Å². The Kier molecular flexibility index (Phi) is 7.58. The summed E-state index contributed by atoms with van der Waals surface area (Å²) in [5, 5.41) is 10.8. The van der Waals surface area contributed by atoms with Crippen LogP contribution in [0.3, 0.4) is 0 Å². The summed E-state index contributed by atoms with van der Waals surface area (Å²) in [7, 11) is 2.13. The van der Waals surface area contributed by atoms with E-state index in [4.69, 9.17) is 36.8 Å². The molecule has 0 radical (unpaired) electrons. The molecular weight excluding hydrogens is 630 g/mol. The number of nitriles is 1. The number of rotatable bonds is 2. The molecule has 0 saturated carbocycles. The summed E-state index contributed by atoms with van der Waals surface area (Å²) in [4.78, 5) is 14.5. The van der Waals surface area contributed by atoms with Crippen LogP contribution >= 0.6 is 22.9 Å². The van der Waals surface area contributed by atoms with Gasteiger partial charge in [0.15, 0.2) is 11.6 Å². The number of aromatic nitrogens is 2. The molecule has 4 aliphatic heterocycles. The number of nitrogens with zero attached hydrogens (tertiary/aromatic N) is 5. The summed E-state index contributed by atoms with van der Waals surface area (Å²) >= 11 is 8.07. The zero-order valence-corrected chi connectivity index (χ0v) is 27.2. The van der Waals surface area contributed by atoms with Crippen molar-refractivity contribution >= 4 is 54.7 Å². The average molecular weight is 665 g/mol. The zero-order chi connectivity index (χ0) is 31.7. The van der Waals surface area contributed by atoms with Gasteiger partial charge in [-0.25, -0.2) is 8.78 Å². The summed E-state index contributed by atoms with van der Waals surface area (Å²) in [6.45, 7) is 2.20. The fraction of sp³-hybridized carbons (Fsp3) is 0.500. The molecule has 2 saturated heterocycles. The predicted octanol–water partition coefficient (Wildman–Crippen LogP) is 7.68. The fourth-order valence-electron chi connectivity index (χ4n) is 8.22. The lowest BCUT2D eigenvalue weighted by atomic mass is 9.86. The van der Waals surface area contributed by atoms with Gasteiger partial charge in [0.1, 0.15) is 34.3 Å². The predicted molar refractivity (Wildman–Crippen MR) is 177 cm³/mol. The molecule has 0 spiro atoms. The first-order valence-corrected chi connectivity index (χ1v) is 17.4. The maximum absolute atomic E-state index is 17.3. The van der Waals surface area contributed by atoms with Crippen LogP contribution in [0.5, 0.6) is 11.8 Å². The quantitative estimate of drug-likeness (QED) is 0.233. The zero-order valence-electron chi connectivity index (χ0n) is 25.6. The number of piperidine rings is 1. The van der Waals surface area contributed by atoms with Gasteiger partial charge in [-0.3, -0.25) is 4.90 Å². The van der Waals surface area contributed by atoms with Crippen LogP contribution in [0.2, 0.25) is 5.02 Å². The molecule has 240 valence electrons. The molecule has 2 aromatic heterocycles. The topological polar surface area (TPSA) is 101 Å². The Hall–Kier alpha value is -3.46. The van der Waals surface area contributed by atoms with Crippen LogP contribution in [-0.4, -0.2) is 59.8 Å². The maximum atomic E-state index is 17.3. The molecule has 4 atom stereocenters. The first kappa shape index (κ1) is 29.9. The maximum Gasteiger partial charge on any atom is 0.319 e. The van der Waals surface area contributed by atoms with Crippen molar-refractivity contribution in [2.45, 2.75) is 76.0 Å². The number of anilines is 2. The van der Waals surface area contributed by atoms with Crippen molar-refractivity contribution in [2.24, 2.45) is 5.92 Å². The molecular formula is C34H35ClF2N6O2S. The summed E-state index contributed by atoms with van der Waals surface area (Å²) in [5.74, 6) is 0.123. The molecule has 12 heteroatoms. The number of benzene rings is 2. The minimum atomic E-state index is -0.699. The highest BCUT2D eigenvalue weighted by atomic mass is 35.5. The number of hydrogen-bond acceptors (Lipinski definition) is 9. The van der Waals surface area contributed by atoms with E-state index in [0.717, 1.165) is 82.2 Å². The van der Waals surface area contributed by atoms with Gasteiger partial charge in [0.2, 0.25) is 0 Å². The second-order valence-corrected chi connectivity index (χ2v) is 14.6. The summed E-state index contributed by atoms with van der Waals surface area (Å²) in [6, 6.07) is 5.31. The van der Waals surface area contributed by atoms with Gasteiger partial charge in [-0.1, -0.05) is 24.1 Å². The van der Waals surface area contributed by atoms with Gasteiger partial charge < -0.3 is 20.1 Å². The van der Waals surface area contributed by atoms with E-state index in [1.165, 1.54) is 12.1 Å². The molecule has 4 aliphatic rings. The molecule has 8 rings (SSSR count). The molecule has 2 N–H and O–H groups in total. The summed E-state index contributed by atoms with van der Waals surface area (Å²) in [6.07, 6.45) is 9.07. The molecule has 2 aromatic carbocycles. The lowest BCUT2D eigenvalue weighted by Crippen LogP contribution is -2.46. The van der Waals surface area contributed by atoms with Crippen LogP contribution in [0.25, 0.3) is 32.1 Å². The summed E-state index contributed by atoms with van der Waals surface area (Å²) in [5.41, 5.74) is 6.49. The number of fused-ring (bicyclic) bond motifs is 3. The smallest absolute Gasteiger partial charge is 0.319 e. The van der Waals surface area contributed by atoms with E-state index in [1.54, 1.807) is 0 Å². The third-order valence-electron chi connectivity index (χ3n) is 10.5. The molecule has 4 bridgehead atoms. The number of thiophene rings is 1. The van der Waals surface area contributed by atoms with E-state index < -0.39 is 11.6 Å². The van der Waals surface area contributed by atoms with Crippen molar-refractivity contribution in [2.75, 3.05) is 37.4 Å². The Bertz CT molecular complexity index is 1910. The van der Waals surface area contributed by atoms with Crippen molar-refractivity contribution < 1.29 is 18.3 Å². The van der Waals surface area contributed by atoms with Crippen molar-refractivity contribution in [1.29, 1.82) is 5.26 Å². The van der Waals surface area contributed by atoms with E-state index in [1.807, 2.05) is 0 Å². The van der Waals surface area contributed by atoms with E-state index in [2.05, 4.69) is 22.9 Å². The van der Waals surface area contributed by atoms with E-state index in [-0.39, 0.29) is 72.3 Å². The standard InChI is InChI=1S/C34H35ClF2N6O2S/c1-42-13-4-6-22(42)23-7-3-2-5-17-8-9-18-12-14-44-30-26-29(40-34(45-23)41-33(26)43(18)16-17)28(37)25(27(30)35)19-10-11-21(36)31-24(19)20(15-38)32(39)46-31/h10-11,17-18,22-23H,2-9,12-14,16,39H2,1H3. The average Bonchev–Trinajstić information content (AvgIpc) is 3.62. The van der Waals surface area contributed by atoms with Gasteiger partial charge in [-0.2, -0.15) is 15.2 Å². The minimum absolute atomic E-state index is 0.0131. The van der Waals surface area contributed by atoms with Crippen molar-refractivity contribution in [3.8, 4) is 29.0 Å². The second-order valence-electron chi connectivity index (χ2n) is 13.2. The molecule has 4 unspecified atom stereocenters. The van der Waals surface area contributed by atoms with Crippen LogP contribution in [0.4, 0.5) is 19.6 Å². The van der Waals surface area contributed by atoms with Gasteiger partial charge in [0, 0.05) is 36.0 Å². The van der Waals surface area contributed by atoms with Gasteiger partial charge in [-0.05, 0) is 76.1 Å². The first-order valence-electron chi connectivity index (χ1n) is 16.2. The summed E-state index contributed by atoms with van der Waals surface area (Å²) < 4.78 is 45.5. The molecule has 0 amide bonds. The third kappa shape index (κ3) is 4.75. The van der Waals surface area contributed by atoms with Crippen molar-refractivity contribution in [3.63, 3.8) is 0 Å². The highest BCUT2D eigenvalue weighted by molar-refractivity contribution is 7.23. The second kappa shape index (κ2) is 11.7. The number of hydrogen-bond donors (Lipinski definition) is 1. The molecule has 46 heavy (non-hydrogen) atoms. The monoisotopic (exact) mass is 664 g/mol. The highest BCUT2D eigenvalue weighted by Gasteiger charge is 2.38. The number of likely N-dealkylation sites (tertiary alicyclic amines) is 1. The third-order valence-corrected chi connectivity index (χ3v) is 11.9. The first-order chi connectivity index (χ1) is 22.3. The van der Waals surface area contributed by atoms with Gasteiger partial charge >= 0.3 is 6.01 Å². The van der Waals surface area contributed by atoms with Crippen molar-refractivity contribution in [3.05, 3.63) is 34.4 Å². The molecule has 6 heterocycles. The van der Waals surface area contributed by atoms with Crippen LogP contribution in [0, 0.1) is 28.9 Å². The van der Waals surface area contributed by atoms with Crippen LogP contribution in [-0.2, 0) is 0 Å². The van der Waals surface area contributed by atoms with Gasteiger partial charge in [-0.15, -0.1) is 11.3 Å². The SMILES string of the molecule is CN1CCCC1C1CCCCC2CCC3CCOc4c(Cl)c(-c5ccc(F)c6sc(N)c(C#N)c56)c(F)c5nc(nc(c45)N3C2)O1. The van der Waals surface area contributed by atoms with Crippen LogP contribution < -0.4 is 20.1 Å². The Labute approximate surface area is 275 Å². The van der Waals surface area contributed by atoms with E-state index in [0.29, 0.717) is 23.7 Å². The highest BCUT2D eigenvalue weighted by Crippen LogP contribution is 2.51. The van der Waals surface area contributed by atoms with E-state index >= 15 is 8.78 Å². The lowest BCUT2D eigenvalue weighted by Gasteiger charge is -2.42. The number of ether oxygens (including phenoxy) is 2. The normalized spacial score (nSPS) is 25.1. The van der Waals surface area contributed by atoms with Gasteiger partial charge in [0.05, 0.1) is 27.3 Å². The Morgan fingerprint density at radius 2 is 1.91 bits per heavy atom.